The third kappa shape index (κ3) is 6.23. The molecule has 218 valence electrons. The second-order valence-corrected chi connectivity index (χ2v) is 11.6. The van der Waals surface area contributed by atoms with E-state index in [1.165, 1.54) is 11.1 Å². The molecule has 0 atom stereocenters. The molecule has 2 aliphatic heterocycles. The van der Waals surface area contributed by atoms with Gasteiger partial charge in [-0.3, -0.25) is 19.7 Å². The van der Waals surface area contributed by atoms with Crippen molar-refractivity contribution in [3.63, 3.8) is 0 Å². The largest absolute Gasteiger partial charge is 0.339 e. The Balaban J connectivity index is 1.03. The van der Waals surface area contributed by atoms with Crippen LogP contribution >= 0.6 is 0 Å². The highest BCUT2D eigenvalue weighted by Gasteiger charge is 2.25. The summed E-state index contributed by atoms with van der Waals surface area (Å²) in [5.41, 5.74) is 7.27. The monoisotopic (exact) mass is 566 g/mol. The summed E-state index contributed by atoms with van der Waals surface area (Å²) in [5, 5.41) is 9.91. The predicted octanol–water partition coefficient (Wildman–Crippen LogP) is 3.97. The molecule has 0 spiro atoms. The molecule has 2 aliphatic rings. The molecule has 0 saturated carbocycles. The molecule has 4 aromatic rings. The number of likely N-dealkylation sites (tertiary alicyclic amines) is 1. The van der Waals surface area contributed by atoms with Crippen LogP contribution in [0.4, 0.5) is 0 Å². The molecular weight excluding hydrogens is 528 g/mol. The number of benzene rings is 2. The van der Waals surface area contributed by atoms with Crippen LogP contribution in [0.1, 0.15) is 56.2 Å². The van der Waals surface area contributed by atoms with Crippen molar-refractivity contribution in [3.05, 3.63) is 101 Å². The van der Waals surface area contributed by atoms with E-state index in [1.54, 1.807) is 17.6 Å². The van der Waals surface area contributed by atoms with Gasteiger partial charge in [0.2, 0.25) is 0 Å². The molecule has 2 saturated heterocycles. The van der Waals surface area contributed by atoms with Crippen molar-refractivity contribution in [2.45, 2.75) is 31.8 Å². The van der Waals surface area contributed by atoms with Crippen LogP contribution in [0.25, 0.3) is 11.0 Å². The minimum absolute atomic E-state index is 0.121. The Morgan fingerprint density at radius 2 is 1.50 bits per heavy atom. The van der Waals surface area contributed by atoms with Crippen LogP contribution in [0, 0.1) is 0 Å². The van der Waals surface area contributed by atoms with E-state index in [-0.39, 0.29) is 5.91 Å². The summed E-state index contributed by atoms with van der Waals surface area (Å²) in [7, 11) is 2.17. The zero-order chi connectivity index (χ0) is 29.1. The Bertz CT molecular complexity index is 1530. The van der Waals surface area contributed by atoms with Crippen molar-refractivity contribution in [2.75, 3.05) is 46.3 Å². The van der Waals surface area contributed by atoms with Crippen LogP contribution < -0.4 is 5.48 Å². The third-order valence-corrected chi connectivity index (χ3v) is 8.75. The highest BCUT2D eigenvalue weighted by Crippen LogP contribution is 2.30. The van der Waals surface area contributed by atoms with Crippen molar-refractivity contribution in [2.24, 2.45) is 0 Å². The Kier molecular flexibility index (Phi) is 8.32. The van der Waals surface area contributed by atoms with Crippen LogP contribution in [-0.4, -0.2) is 87.6 Å². The van der Waals surface area contributed by atoms with Crippen LogP contribution in [-0.2, 0) is 13.1 Å². The minimum Gasteiger partial charge on any atom is -0.339 e. The number of pyridine rings is 1. The number of hydroxylamine groups is 1. The molecule has 4 heterocycles. The average Bonchev–Trinajstić information content (AvgIpc) is 3.44. The molecule has 2 aromatic heterocycles. The minimum atomic E-state index is -0.525. The Hall–Kier alpha value is -4.05. The van der Waals surface area contributed by atoms with E-state index in [0.717, 1.165) is 80.8 Å². The Labute approximate surface area is 246 Å². The van der Waals surface area contributed by atoms with Gasteiger partial charge in [0.15, 0.2) is 0 Å². The van der Waals surface area contributed by atoms with E-state index < -0.39 is 5.91 Å². The van der Waals surface area contributed by atoms with Crippen molar-refractivity contribution in [3.8, 4) is 0 Å². The highest BCUT2D eigenvalue weighted by atomic mass is 16.5. The molecule has 2 fully saturated rings. The summed E-state index contributed by atoms with van der Waals surface area (Å²) in [6.07, 6.45) is 5.87. The number of piperidine rings is 1. The first-order chi connectivity index (χ1) is 20.5. The number of fused-ring (bicyclic) bond motifs is 1. The van der Waals surface area contributed by atoms with Crippen molar-refractivity contribution in [1.29, 1.82) is 0 Å². The second-order valence-electron chi connectivity index (χ2n) is 11.6. The van der Waals surface area contributed by atoms with Gasteiger partial charge >= 0.3 is 0 Å². The van der Waals surface area contributed by atoms with Crippen LogP contribution in [0.5, 0.6) is 0 Å². The SMILES string of the molecule is CN1CCN(Cc2ccc(C(=O)N3CCC(c4cnc5c(ccn5Cc5ccc(C(=O)NO)cc5)c4)CC3)cc2)CC1. The number of piperazine rings is 1. The molecule has 9 nitrogen and oxygen atoms in total. The lowest BCUT2D eigenvalue weighted by molar-refractivity contribution is 0.0703. The number of nitrogens with zero attached hydrogens (tertiary/aromatic N) is 5. The smallest absolute Gasteiger partial charge is 0.274 e. The second kappa shape index (κ2) is 12.4. The normalized spacial score (nSPS) is 17.0. The van der Waals surface area contributed by atoms with Gasteiger partial charge in [-0.2, -0.15) is 0 Å². The molecule has 2 N–H and O–H groups in total. The molecule has 0 bridgehead atoms. The first-order valence-electron chi connectivity index (χ1n) is 14.7. The van der Waals surface area contributed by atoms with Gasteiger partial charge in [-0.1, -0.05) is 24.3 Å². The van der Waals surface area contributed by atoms with Crippen molar-refractivity contribution >= 4 is 22.8 Å². The van der Waals surface area contributed by atoms with Crippen LogP contribution in [0.15, 0.2) is 73.1 Å². The molecule has 0 radical (unpaired) electrons. The van der Waals surface area contributed by atoms with Crippen molar-refractivity contribution < 1.29 is 14.8 Å². The number of aromatic nitrogens is 2. The molecule has 2 aromatic carbocycles. The number of hydrogen-bond acceptors (Lipinski definition) is 6. The van der Waals surface area contributed by atoms with Gasteiger partial charge in [-0.15, -0.1) is 0 Å². The van der Waals surface area contributed by atoms with Gasteiger partial charge in [0.1, 0.15) is 5.65 Å². The van der Waals surface area contributed by atoms with E-state index in [1.807, 2.05) is 41.6 Å². The summed E-state index contributed by atoms with van der Waals surface area (Å²) in [6.45, 7) is 7.45. The number of carbonyl (C=O) groups is 2. The first kappa shape index (κ1) is 28.1. The number of nitrogens with one attached hydrogen (secondary N) is 1. The van der Waals surface area contributed by atoms with E-state index in [4.69, 9.17) is 10.2 Å². The van der Waals surface area contributed by atoms with E-state index in [2.05, 4.69) is 45.7 Å². The van der Waals surface area contributed by atoms with Crippen LogP contribution in [0.2, 0.25) is 0 Å². The number of likely N-dealkylation sites (N-methyl/N-ethyl adjacent to an activating group) is 1. The van der Waals surface area contributed by atoms with E-state index >= 15 is 0 Å². The van der Waals surface area contributed by atoms with Gasteiger partial charge in [0.25, 0.3) is 11.8 Å². The molecule has 9 heteroatoms. The average molecular weight is 567 g/mol. The maximum atomic E-state index is 13.2. The fraction of sp³-hybridized carbons (Fsp3) is 0.364. The summed E-state index contributed by atoms with van der Waals surface area (Å²) >= 11 is 0. The molecular formula is C33H38N6O3. The third-order valence-electron chi connectivity index (χ3n) is 8.75. The van der Waals surface area contributed by atoms with Gasteiger partial charge in [-0.25, -0.2) is 10.5 Å². The predicted molar refractivity (Wildman–Crippen MR) is 162 cm³/mol. The molecule has 42 heavy (non-hydrogen) atoms. The summed E-state index contributed by atoms with van der Waals surface area (Å²) < 4.78 is 2.10. The van der Waals surface area contributed by atoms with Gasteiger partial charge in [-0.05, 0) is 78.9 Å². The number of rotatable bonds is 7. The van der Waals surface area contributed by atoms with E-state index in [9.17, 15) is 9.59 Å². The number of hydrogen-bond donors (Lipinski definition) is 2. The number of amides is 2. The zero-order valence-corrected chi connectivity index (χ0v) is 24.1. The van der Waals surface area contributed by atoms with Gasteiger partial charge in [0.05, 0.1) is 0 Å². The maximum absolute atomic E-state index is 13.2. The Morgan fingerprint density at radius 1 is 0.857 bits per heavy atom. The lowest BCUT2D eigenvalue weighted by Crippen LogP contribution is -2.43. The number of carbonyl (C=O) groups excluding carboxylic acids is 2. The lowest BCUT2D eigenvalue weighted by atomic mass is 9.90. The van der Waals surface area contributed by atoms with E-state index in [0.29, 0.717) is 18.0 Å². The quantitative estimate of drug-likeness (QED) is 0.260. The van der Waals surface area contributed by atoms with Gasteiger partial charge < -0.3 is 14.4 Å². The zero-order valence-electron chi connectivity index (χ0n) is 24.1. The van der Waals surface area contributed by atoms with Crippen LogP contribution in [0.3, 0.4) is 0 Å². The fourth-order valence-corrected chi connectivity index (χ4v) is 6.08. The highest BCUT2D eigenvalue weighted by molar-refractivity contribution is 5.94. The summed E-state index contributed by atoms with van der Waals surface area (Å²) in [4.78, 5) is 36.4. The topological polar surface area (TPSA) is 93.9 Å². The van der Waals surface area contributed by atoms with Gasteiger partial charge in [0, 0.05) is 81.3 Å². The van der Waals surface area contributed by atoms with Crippen molar-refractivity contribution in [1.82, 2.24) is 29.7 Å². The fourth-order valence-electron chi connectivity index (χ4n) is 6.08. The summed E-state index contributed by atoms with van der Waals surface area (Å²) in [6, 6.07) is 19.7. The molecule has 0 aliphatic carbocycles. The lowest BCUT2D eigenvalue weighted by Gasteiger charge is -2.33. The standard InChI is InChI=1S/C33H38N6O3/c1-36-16-18-37(19-17-36)22-24-4-8-28(9-5-24)33(41)38-13-10-26(11-14-38)30-20-29-12-15-39(31(29)34-21-30)23-25-2-6-27(7-3-25)32(40)35-42/h2-9,12,15,20-21,26,42H,10-11,13-14,16-19,22-23H2,1H3,(H,35,40). The first-order valence-corrected chi connectivity index (χ1v) is 14.7. The summed E-state index contributed by atoms with van der Waals surface area (Å²) in [5.74, 6) is -0.0241. The Morgan fingerprint density at radius 3 is 2.17 bits per heavy atom. The molecule has 6 rings (SSSR count). The maximum Gasteiger partial charge on any atom is 0.274 e. The molecule has 2 amide bonds. The molecule has 0 unspecified atom stereocenters.